The second-order valence-corrected chi connectivity index (χ2v) is 20.4. The first-order chi connectivity index (χ1) is 31.4. The van der Waals surface area contributed by atoms with Gasteiger partial charge in [-0.1, -0.05) is 291 Å². The largest absolute Gasteiger partial charge is 0.462 e. The van der Waals surface area contributed by atoms with Gasteiger partial charge in [-0.2, -0.15) is 0 Å². The third-order valence-corrected chi connectivity index (χ3v) is 13.3. The molecule has 6 nitrogen and oxygen atoms in total. The normalized spacial score (nSPS) is 12.0. The van der Waals surface area contributed by atoms with E-state index in [4.69, 9.17) is 14.2 Å². The van der Waals surface area contributed by atoms with E-state index in [0.717, 1.165) is 63.7 Å². The van der Waals surface area contributed by atoms with Crippen LogP contribution < -0.4 is 0 Å². The fourth-order valence-electron chi connectivity index (χ4n) is 8.92. The van der Waals surface area contributed by atoms with E-state index in [1.54, 1.807) is 0 Å². The molecule has 0 aliphatic heterocycles. The van der Waals surface area contributed by atoms with E-state index in [9.17, 15) is 14.4 Å². The number of hydrogen-bond donors (Lipinski definition) is 0. The Morgan fingerprint density at radius 3 is 0.766 bits per heavy atom. The summed E-state index contributed by atoms with van der Waals surface area (Å²) in [5.41, 5.74) is 0. The number of hydrogen-bond acceptors (Lipinski definition) is 6. The van der Waals surface area contributed by atoms with Crippen molar-refractivity contribution in [3.05, 3.63) is 0 Å². The van der Waals surface area contributed by atoms with Crippen LogP contribution in [0.5, 0.6) is 0 Å². The third-order valence-electron chi connectivity index (χ3n) is 13.3. The summed E-state index contributed by atoms with van der Waals surface area (Å²) in [5, 5.41) is 0. The Morgan fingerprint density at radius 2 is 0.516 bits per heavy atom. The maximum atomic E-state index is 12.9. The molecule has 0 aromatic carbocycles. The average molecular weight is 906 g/mol. The van der Waals surface area contributed by atoms with Crippen molar-refractivity contribution in [2.45, 2.75) is 336 Å². The van der Waals surface area contributed by atoms with Crippen molar-refractivity contribution in [2.24, 2.45) is 5.92 Å². The van der Waals surface area contributed by atoms with E-state index in [-0.39, 0.29) is 31.1 Å². The van der Waals surface area contributed by atoms with Gasteiger partial charge in [0.15, 0.2) is 6.10 Å². The van der Waals surface area contributed by atoms with E-state index in [2.05, 4.69) is 27.7 Å². The number of unbranched alkanes of at least 4 members (excludes halogenated alkanes) is 40. The fraction of sp³-hybridized carbons (Fsp3) is 0.948. The summed E-state index contributed by atoms with van der Waals surface area (Å²) in [6.45, 7) is 9.07. The molecule has 0 rings (SSSR count). The van der Waals surface area contributed by atoms with Crippen molar-refractivity contribution >= 4 is 17.9 Å². The monoisotopic (exact) mass is 905 g/mol. The lowest BCUT2D eigenvalue weighted by Gasteiger charge is -2.18. The summed E-state index contributed by atoms with van der Waals surface area (Å²) in [4.78, 5) is 38.1. The highest BCUT2D eigenvalue weighted by atomic mass is 16.6. The minimum absolute atomic E-state index is 0.0617. The highest BCUT2D eigenvalue weighted by Crippen LogP contribution is 2.18. The van der Waals surface area contributed by atoms with Crippen LogP contribution in [0.1, 0.15) is 329 Å². The second-order valence-electron chi connectivity index (χ2n) is 20.4. The Hall–Kier alpha value is -1.59. The predicted molar refractivity (Wildman–Crippen MR) is 275 cm³/mol. The molecule has 0 spiro atoms. The summed E-state index contributed by atoms with van der Waals surface area (Å²) in [6, 6.07) is 0. The van der Waals surface area contributed by atoms with Gasteiger partial charge in [0.25, 0.3) is 0 Å². The molecule has 0 unspecified atom stereocenters. The van der Waals surface area contributed by atoms with Crippen molar-refractivity contribution in [2.75, 3.05) is 13.2 Å². The average Bonchev–Trinajstić information content (AvgIpc) is 3.28. The number of esters is 3. The first-order valence-corrected chi connectivity index (χ1v) is 28.9. The molecule has 0 heterocycles. The van der Waals surface area contributed by atoms with Crippen molar-refractivity contribution in [1.29, 1.82) is 0 Å². The first-order valence-electron chi connectivity index (χ1n) is 28.9. The smallest absolute Gasteiger partial charge is 0.306 e. The SMILES string of the molecule is CCCCCCCCCCCCCCCCC(=O)OC[C@@H](COC(=O)CCCCCCCCCCCCCCC)OC(=O)CCCCCCCCCCCCCCCCCCC(C)C. The maximum Gasteiger partial charge on any atom is 0.306 e. The van der Waals surface area contributed by atoms with Crippen molar-refractivity contribution < 1.29 is 28.6 Å². The van der Waals surface area contributed by atoms with E-state index in [1.165, 1.54) is 225 Å². The molecule has 0 aromatic heterocycles. The molecule has 6 heteroatoms. The van der Waals surface area contributed by atoms with Gasteiger partial charge in [-0.3, -0.25) is 14.4 Å². The molecule has 0 saturated carbocycles. The van der Waals surface area contributed by atoms with Crippen LogP contribution in [-0.4, -0.2) is 37.2 Å². The lowest BCUT2D eigenvalue weighted by Crippen LogP contribution is -2.30. The molecule has 380 valence electrons. The molecular weight excluding hydrogens is 793 g/mol. The molecular formula is C58H112O6. The Bertz CT molecular complexity index is 964. The van der Waals surface area contributed by atoms with Gasteiger partial charge in [-0.15, -0.1) is 0 Å². The summed E-state index contributed by atoms with van der Waals surface area (Å²) in [6.07, 6.45) is 56.6. The highest BCUT2D eigenvalue weighted by Gasteiger charge is 2.19. The Kier molecular flexibility index (Phi) is 51.1. The van der Waals surface area contributed by atoms with Crippen LogP contribution in [0.25, 0.3) is 0 Å². The van der Waals surface area contributed by atoms with Gasteiger partial charge in [0.05, 0.1) is 0 Å². The van der Waals surface area contributed by atoms with Crippen LogP contribution in [0.15, 0.2) is 0 Å². The summed E-state index contributed by atoms with van der Waals surface area (Å²) in [5.74, 6) is 0.0170. The van der Waals surface area contributed by atoms with E-state index in [0.29, 0.717) is 19.3 Å². The van der Waals surface area contributed by atoms with Crippen LogP contribution >= 0.6 is 0 Å². The van der Waals surface area contributed by atoms with Crippen molar-refractivity contribution in [3.8, 4) is 0 Å². The van der Waals surface area contributed by atoms with Crippen LogP contribution in [0, 0.1) is 5.92 Å². The molecule has 1 atom stereocenters. The van der Waals surface area contributed by atoms with Gasteiger partial charge < -0.3 is 14.2 Å². The molecule has 0 bridgehead atoms. The summed E-state index contributed by atoms with van der Waals surface area (Å²) in [7, 11) is 0. The van der Waals surface area contributed by atoms with E-state index in [1.807, 2.05) is 0 Å². The van der Waals surface area contributed by atoms with E-state index >= 15 is 0 Å². The molecule has 0 aromatic rings. The number of carbonyl (C=O) groups is 3. The van der Waals surface area contributed by atoms with Gasteiger partial charge >= 0.3 is 17.9 Å². The zero-order valence-electron chi connectivity index (χ0n) is 43.8. The van der Waals surface area contributed by atoms with E-state index < -0.39 is 6.10 Å². The second kappa shape index (κ2) is 52.4. The van der Waals surface area contributed by atoms with Gasteiger partial charge in [-0.05, 0) is 25.2 Å². The maximum absolute atomic E-state index is 12.9. The first kappa shape index (κ1) is 62.4. The topological polar surface area (TPSA) is 78.9 Å². The number of ether oxygens (including phenoxy) is 3. The molecule has 0 N–H and O–H groups in total. The summed E-state index contributed by atoms with van der Waals surface area (Å²) < 4.78 is 16.9. The molecule has 0 radical (unpaired) electrons. The van der Waals surface area contributed by atoms with Crippen molar-refractivity contribution in [3.63, 3.8) is 0 Å². The van der Waals surface area contributed by atoms with Crippen LogP contribution in [0.4, 0.5) is 0 Å². The Labute approximate surface area is 399 Å². The quantitative estimate of drug-likeness (QED) is 0.0344. The minimum atomic E-state index is -0.761. The van der Waals surface area contributed by atoms with Crippen LogP contribution in [0.3, 0.4) is 0 Å². The minimum Gasteiger partial charge on any atom is -0.462 e. The third kappa shape index (κ3) is 51.4. The number of rotatable bonds is 53. The lowest BCUT2D eigenvalue weighted by molar-refractivity contribution is -0.167. The molecule has 0 aliphatic carbocycles. The Balaban J connectivity index is 4.28. The van der Waals surface area contributed by atoms with Gasteiger partial charge in [-0.25, -0.2) is 0 Å². The highest BCUT2D eigenvalue weighted by molar-refractivity contribution is 5.71. The van der Waals surface area contributed by atoms with Gasteiger partial charge in [0.2, 0.25) is 0 Å². The van der Waals surface area contributed by atoms with Crippen LogP contribution in [-0.2, 0) is 28.6 Å². The van der Waals surface area contributed by atoms with Crippen molar-refractivity contribution in [1.82, 2.24) is 0 Å². The molecule has 0 amide bonds. The fourth-order valence-corrected chi connectivity index (χ4v) is 8.92. The Morgan fingerprint density at radius 1 is 0.297 bits per heavy atom. The predicted octanol–water partition coefficient (Wildman–Crippen LogP) is 19.0. The van der Waals surface area contributed by atoms with Crippen LogP contribution in [0.2, 0.25) is 0 Å². The molecule has 0 saturated heterocycles. The van der Waals surface area contributed by atoms with Gasteiger partial charge in [0, 0.05) is 19.3 Å². The lowest BCUT2D eigenvalue weighted by atomic mass is 10.0. The molecule has 64 heavy (non-hydrogen) atoms. The summed E-state index contributed by atoms with van der Waals surface area (Å²) >= 11 is 0. The zero-order chi connectivity index (χ0) is 46.7. The molecule has 0 fully saturated rings. The van der Waals surface area contributed by atoms with Gasteiger partial charge in [0.1, 0.15) is 13.2 Å². The standard InChI is InChI=1S/C58H112O6/c1-5-7-9-11-13-15-17-19-26-30-34-38-42-46-50-57(60)63-53-55(52-62-56(59)49-45-41-37-33-29-24-18-16-14-12-10-8-6-2)64-58(61)51-47-43-39-35-31-27-23-21-20-22-25-28-32-36-40-44-48-54(3)4/h54-55H,5-53H2,1-4H3/t55-/m1/s1. The molecule has 0 aliphatic rings. The zero-order valence-corrected chi connectivity index (χ0v) is 43.8. The number of carbonyl (C=O) groups excluding carboxylic acids is 3.